The first-order valence-corrected chi connectivity index (χ1v) is 8.48. The summed E-state index contributed by atoms with van der Waals surface area (Å²) in [6.45, 7) is 2.34. The van der Waals surface area contributed by atoms with Gasteiger partial charge in [-0.05, 0) is 19.1 Å². The highest BCUT2D eigenvalue weighted by Gasteiger charge is 2.21. The molecule has 0 atom stereocenters. The molecule has 114 valence electrons. The lowest BCUT2D eigenvalue weighted by molar-refractivity contribution is 0.337. The Kier molecular flexibility index (Phi) is 3.81. The Morgan fingerprint density at radius 1 is 1.23 bits per heavy atom. The second kappa shape index (κ2) is 5.76. The van der Waals surface area contributed by atoms with E-state index in [1.807, 2.05) is 13.0 Å². The standard InChI is InChI=1S/C15H15N3O3S/c1-2-21-14-6-4-3-5-11(14)10-22(19,20)15-17-12-7-8-16-9-13(12)18-15/h3-9H,2,10H2,1H3,(H,17,18). The molecule has 0 unspecified atom stereocenters. The normalized spacial score (nSPS) is 11.7. The summed E-state index contributed by atoms with van der Waals surface area (Å²) < 4.78 is 30.6. The van der Waals surface area contributed by atoms with Gasteiger partial charge in [-0.25, -0.2) is 13.4 Å². The van der Waals surface area contributed by atoms with E-state index in [9.17, 15) is 8.42 Å². The van der Waals surface area contributed by atoms with E-state index in [2.05, 4.69) is 15.0 Å². The second-order valence-corrected chi connectivity index (χ2v) is 6.64. The third kappa shape index (κ3) is 2.80. The number of sulfone groups is 1. The van der Waals surface area contributed by atoms with Crippen molar-refractivity contribution in [2.24, 2.45) is 0 Å². The van der Waals surface area contributed by atoms with Crippen LogP contribution in [0.15, 0.2) is 47.9 Å². The summed E-state index contributed by atoms with van der Waals surface area (Å²) in [6, 6.07) is 8.77. The third-order valence-electron chi connectivity index (χ3n) is 3.17. The zero-order valence-corrected chi connectivity index (χ0v) is 12.8. The number of aromatic nitrogens is 3. The smallest absolute Gasteiger partial charge is 0.226 e. The number of imidazole rings is 1. The molecule has 0 radical (unpaired) electrons. The van der Waals surface area contributed by atoms with Crippen molar-refractivity contribution >= 4 is 20.9 Å². The van der Waals surface area contributed by atoms with E-state index < -0.39 is 9.84 Å². The van der Waals surface area contributed by atoms with Crippen molar-refractivity contribution < 1.29 is 13.2 Å². The van der Waals surface area contributed by atoms with Crippen LogP contribution in [0, 0.1) is 0 Å². The summed E-state index contributed by atoms with van der Waals surface area (Å²) in [5.41, 5.74) is 1.79. The van der Waals surface area contributed by atoms with E-state index in [0.717, 1.165) is 0 Å². The number of rotatable bonds is 5. The first-order valence-electron chi connectivity index (χ1n) is 6.83. The fourth-order valence-corrected chi connectivity index (χ4v) is 3.46. The predicted octanol–water partition coefficient (Wildman–Crippen LogP) is 2.33. The average Bonchev–Trinajstić information content (AvgIpc) is 2.94. The molecule has 0 aliphatic rings. The number of para-hydroxylation sites is 1. The molecule has 0 saturated carbocycles. The van der Waals surface area contributed by atoms with Gasteiger partial charge in [0.1, 0.15) is 5.75 Å². The van der Waals surface area contributed by atoms with Crippen molar-refractivity contribution in [3.63, 3.8) is 0 Å². The van der Waals surface area contributed by atoms with Crippen LogP contribution in [0.2, 0.25) is 0 Å². The minimum Gasteiger partial charge on any atom is -0.494 e. The quantitative estimate of drug-likeness (QED) is 0.780. The molecule has 0 bridgehead atoms. The number of ether oxygens (including phenoxy) is 1. The van der Waals surface area contributed by atoms with Crippen LogP contribution in [-0.2, 0) is 15.6 Å². The molecule has 0 spiro atoms. The number of aromatic amines is 1. The fraction of sp³-hybridized carbons (Fsp3) is 0.200. The van der Waals surface area contributed by atoms with Gasteiger partial charge in [-0.2, -0.15) is 0 Å². The Morgan fingerprint density at radius 2 is 2.05 bits per heavy atom. The largest absolute Gasteiger partial charge is 0.494 e. The van der Waals surface area contributed by atoms with Crippen LogP contribution in [0.1, 0.15) is 12.5 Å². The van der Waals surface area contributed by atoms with Gasteiger partial charge in [0.15, 0.2) is 0 Å². The number of nitrogens with one attached hydrogen (secondary N) is 1. The Hall–Kier alpha value is -2.41. The molecule has 0 aliphatic heterocycles. The van der Waals surface area contributed by atoms with E-state index in [0.29, 0.717) is 29.0 Å². The minimum atomic E-state index is -3.59. The van der Waals surface area contributed by atoms with E-state index in [4.69, 9.17) is 4.74 Å². The molecular weight excluding hydrogens is 302 g/mol. The van der Waals surface area contributed by atoms with Gasteiger partial charge >= 0.3 is 0 Å². The number of pyridine rings is 1. The molecule has 3 aromatic rings. The van der Waals surface area contributed by atoms with Crippen molar-refractivity contribution in [1.82, 2.24) is 15.0 Å². The molecule has 1 aromatic carbocycles. The van der Waals surface area contributed by atoms with Gasteiger partial charge in [-0.3, -0.25) is 4.98 Å². The van der Waals surface area contributed by atoms with Gasteiger partial charge in [0, 0.05) is 11.8 Å². The van der Waals surface area contributed by atoms with Crippen LogP contribution in [-0.4, -0.2) is 30.0 Å². The summed E-state index contributed by atoms with van der Waals surface area (Å²) in [4.78, 5) is 10.9. The second-order valence-electron chi connectivity index (χ2n) is 4.73. The molecule has 2 aromatic heterocycles. The highest BCUT2D eigenvalue weighted by molar-refractivity contribution is 7.90. The van der Waals surface area contributed by atoms with Crippen LogP contribution in [0.5, 0.6) is 5.75 Å². The van der Waals surface area contributed by atoms with E-state index in [1.165, 1.54) is 0 Å². The number of hydrogen-bond donors (Lipinski definition) is 1. The SMILES string of the molecule is CCOc1ccccc1CS(=O)(=O)c1nc2ccncc2[nH]1. The molecule has 3 rings (SSSR count). The monoisotopic (exact) mass is 317 g/mol. The lowest BCUT2D eigenvalue weighted by Gasteiger charge is -2.09. The topological polar surface area (TPSA) is 84.9 Å². The third-order valence-corrected chi connectivity index (χ3v) is 4.65. The summed E-state index contributed by atoms with van der Waals surface area (Å²) in [5.74, 6) is 0.405. The molecule has 0 fully saturated rings. The maximum atomic E-state index is 12.6. The highest BCUT2D eigenvalue weighted by atomic mass is 32.2. The molecule has 0 saturated heterocycles. The van der Waals surface area contributed by atoms with Crippen LogP contribution in [0.4, 0.5) is 0 Å². The van der Waals surface area contributed by atoms with Gasteiger partial charge < -0.3 is 9.72 Å². The summed E-state index contributed by atoms with van der Waals surface area (Å²) in [5, 5.41) is -0.0539. The van der Waals surface area contributed by atoms with Crippen molar-refractivity contribution in [1.29, 1.82) is 0 Å². The Labute approximate surface area is 128 Å². The van der Waals surface area contributed by atoms with Gasteiger partial charge in [-0.1, -0.05) is 18.2 Å². The zero-order chi connectivity index (χ0) is 15.6. The zero-order valence-electron chi connectivity index (χ0n) is 12.0. The summed E-state index contributed by atoms with van der Waals surface area (Å²) in [7, 11) is -3.59. The number of benzene rings is 1. The molecule has 6 nitrogen and oxygen atoms in total. The van der Waals surface area contributed by atoms with Crippen LogP contribution in [0.25, 0.3) is 11.0 Å². The molecule has 0 aliphatic carbocycles. The number of nitrogens with zero attached hydrogens (tertiary/aromatic N) is 2. The van der Waals surface area contributed by atoms with E-state index in [-0.39, 0.29) is 10.9 Å². The average molecular weight is 317 g/mol. The van der Waals surface area contributed by atoms with Gasteiger partial charge in [-0.15, -0.1) is 0 Å². The molecule has 1 N–H and O–H groups in total. The van der Waals surface area contributed by atoms with Crippen LogP contribution in [0.3, 0.4) is 0 Å². The lowest BCUT2D eigenvalue weighted by Crippen LogP contribution is -2.08. The first kappa shape index (κ1) is 14.5. The van der Waals surface area contributed by atoms with Gasteiger partial charge in [0.2, 0.25) is 15.0 Å². The Bertz CT molecular complexity index is 870. The highest BCUT2D eigenvalue weighted by Crippen LogP contribution is 2.23. The molecule has 2 heterocycles. The number of fused-ring (bicyclic) bond motifs is 1. The number of H-pyrrole nitrogens is 1. The first-order chi connectivity index (χ1) is 10.6. The van der Waals surface area contributed by atoms with Crippen molar-refractivity contribution in [2.45, 2.75) is 17.8 Å². The van der Waals surface area contributed by atoms with Crippen LogP contribution < -0.4 is 4.74 Å². The van der Waals surface area contributed by atoms with E-state index >= 15 is 0 Å². The van der Waals surface area contributed by atoms with Crippen molar-refractivity contribution in [3.05, 3.63) is 48.3 Å². The van der Waals surface area contributed by atoms with Crippen molar-refractivity contribution in [3.8, 4) is 5.75 Å². The molecule has 0 amide bonds. The Balaban J connectivity index is 1.97. The molecule has 22 heavy (non-hydrogen) atoms. The molecule has 7 heteroatoms. The van der Waals surface area contributed by atoms with Crippen LogP contribution >= 0.6 is 0 Å². The number of hydrogen-bond acceptors (Lipinski definition) is 5. The van der Waals surface area contributed by atoms with Crippen molar-refractivity contribution in [2.75, 3.05) is 6.61 Å². The summed E-state index contributed by atoms with van der Waals surface area (Å²) >= 11 is 0. The van der Waals surface area contributed by atoms with E-state index in [1.54, 1.807) is 36.7 Å². The fourth-order valence-electron chi connectivity index (χ4n) is 2.17. The summed E-state index contributed by atoms with van der Waals surface area (Å²) in [6.07, 6.45) is 3.12. The minimum absolute atomic E-state index is 0.0539. The molecular formula is C15H15N3O3S. The predicted molar refractivity (Wildman–Crippen MR) is 82.4 cm³/mol. The lowest BCUT2D eigenvalue weighted by atomic mass is 10.2. The van der Waals surface area contributed by atoms with Gasteiger partial charge in [0.05, 0.1) is 29.6 Å². The maximum Gasteiger partial charge on any atom is 0.226 e. The maximum absolute atomic E-state index is 12.6. The van der Waals surface area contributed by atoms with Gasteiger partial charge in [0.25, 0.3) is 0 Å². The Morgan fingerprint density at radius 3 is 2.82 bits per heavy atom.